The average molecular weight is 265 g/mol. The zero-order valence-electron chi connectivity index (χ0n) is 8.63. The molecule has 0 amide bonds. The maximum atomic E-state index is 6.00. The van der Waals surface area contributed by atoms with Crippen LogP contribution in [-0.4, -0.2) is 18.1 Å². The van der Waals surface area contributed by atoms with Gasteiger partial charge in [0.25, 0.3) is 0 Å². The molecule has 1 nitrogen and oxygen atoms in total. The van der Waals surface area contributed by atoms with Crippen LogP contribution in [0, 0.1) is 0 Å². The summed E-state index contributed by atoms with van der Waals surface area (Å²) in [6.07, 6.45) is 0. The normalized spacial score (nSPS) is 10.3. The fourth-order valence-corrected chi connectivity index (χ4v) is 2.23. The molecule has 0 aliphatic rings. The fourth-order valence-electron chi connectivity index (χ4n) is 1.16. The third-order valence-electron chi connectivity index (χ3n) is 1.90. The van der Waals surface area contributed by atoms with Gasteiger partial charge < -0.3 is 4.74 Å². The molecule has 0 bridgehead atoms. The van der Waals surface area contributed by atoms with Crippen molar-refractivity contribution in [1.29, 1.82) is 0 Å². The van der Waals surface area contributed by atoms with Crippen molar-refractivity contribution in [2.24, 2.45) is 0 Å². The fraction of sp³-hybridized carbons (Fsp3) is 0.455. The Morgan fingerprint density at radius 2 is 2.20 bits per heavy atom. The van der Waals surface area contributed by atoms with E-state index < -0.39 is 0 Å². The second-order valence-corrected chi connectivity index (χ2v) is 4.96. The molecule has 1 rings (SSSR count). The summed E-state index contributed by atoms with van der Waals surface area (Å²) in [4.78, 5) is 0. The maximum Gasteiger partial charge on any atom is 0.125 e. The van der Waals surface area contributed by atoms with Crippen LogP contribution in [-0.2, 0) is 5.88 Å². The smallest absolute Gasteiger partial charge is 0.125 e. The highest BCUT2D eigenvalue weighted by Crippen LogP contribution is 2.27. The first-order valence-electron chi connectivity index (χ1n) is 4.83. The van der Waals surface area contributed by atoms with Gasteiger partial charge in [0, 0.05) is 16.3 Å². The maximum absolute atomic E-state index is 6.00. The number of hydrogen-bond donors (Lipinski definition) is 0. The van der Waals surface area contributed by atoms with E-state index >= 15 is 0 Å². The van der Waals surface area contributed by atoms with Gasteiger partial charge >= 0.3 is 0 Å². The van der Waals surface area contributed by atoms with Crippen molar-refractivity contribution < 1.29 is 4.74 Å². The zero-order valence-corrected chi connectivity index (χ0v) is 11.0. The Balaban J connectivity index is 2.56. The number of rotatable bonds is 6. The van der Waals surface area contributed by atoms with Crippen molar-refractivity contribution in [1.82, 2.24) is 0 Å². The Hall–Kier alpha value is -0.0500. The van der Waals surface area contributed by atoms with Crippen LogP contribution >= 0.6 is 35.0 Å². The van der Waals surface area contributed by atoms with Gasteiger partial charge in [-0.3, -0.25) is 0 Å². The molecule has 0 unspecified atom stereocenters. The first-order valence-corrected chi connectivity index (χ1v) is 6.90. The van der Waals surface area contributed by atoms with Crippen molar-refractivity contribution in [3.8, 4) is 5.75 Å². The third-order valence-corrected chi connectivity index (χ3v) is 3.38. The minimum Gasteiger partial charge on any atom is -0.492 e. The van der Waals surface area contributed by atoms with Gasteiger partial charge in [0.2, 0.25) is 0 Å². The molecule has 0 saturated carbocycles. The second kappa shape index (κ2) is 7.26. The first kappa shape index (κ1) is 13.0. The number of alkyl halides is 1. The molecule has 0 aliphatic carbocycles. The molecular formula is C11H14Cl2OS. The van der Waals surface area contributed by atoms with Gasteiger partial charge in [0.05, 0.1) is 12.5 Å². The first-order chi connectivity index (χ1) is 7.29. The summed E-state index contributed by atoms with van der Waals surface area (Å²) in [5.41, 5.74) is 0.877. The second-order valence-electron chi connectivity index (χ2n) is 2.90. The summed E-state index contributed by atoms with van der Waals surface area (Å²) >= 11 is 13.7. The molecular weight excluding hydrogens is 251 g/mol. The van der Waals surface area contributed by atoms with E-state index in [1.165, 1.54) is 0 Å². The molecule has 0 atom stereocenters. The van der Waals surface area contributed by atoms with E-state index in [1.807, 2.05) is 30.0 Å². The van der Waals surface area contributed by atoms with E-state index in [2.05, 4.69) is 6.92 Å². The molecule has 0 radical (unpaired) electrons. The van der Waals surface area contributed by atoms with Gasteiger partial charge in [-0.2, -0.15) is 11.8 Å². The predicted octanol–water partition coefficient (Wildman–Crippen LogP) is 4.21. The van der Waals surface area contributed by atoms with E-state index in [4.69, 9.17) is 27.9 Å². The molecule has 0 saturated heterocycles. The Labute approximate surface area is 105 Å². The molecule has 0 N–H and O–H groups in total. The van der Waals surface area contributed by atoms with Crippen LogP contribution in [0.3, 0.4) is 0 Å². The monoisotopic (exact) mass is 264 g/mol. The Morgan fingerprint density at radius 1 is 1.40 bits per heavy atom. The summed E-state index contributed by atoms with van der Waals surface area (Å²) in [6, 6.07) is 5.60. The highest BCUT2D eigenvalue weighted by molar-refractivity contribution is 7.99. The van der Waals surface area contributed by atoms with E-state index in [0.717, 1.165) is 22.8 Å². The van der Waals surface area contributed by atoms with Crippen LogP contribution in [0.2, 0.25) is 5.02 Å². The SMILES string of the molecule is CCSCCOc1cccc(Cl)c1CCl. The molecule has 15 heavy (non-hydrogen) atoms. The standard InChI is InChI=1S/C11H14Cl2OS/c1-2-15-7-6-14-11-5-3-4-10(13)9(11)8-12/h3-5H,2,6-8H2,1H3. The van der Waals surface area contributed by atoms with Gasteiger partial charge in [-0.1, -0.05) is 24.6 Å². The lowest BCUT2D eigenvalue weighted by molar-refractivity contribution is 0.341. The van der Waals surface area contributed by atoms with Crippen molar-refractivity contribution in [3.05, 3.63) is 28.8 Å². The highest BCUT2D eigenvalue weighted by atomic mass is 35.5. The van der Waals surface area contributed by atoms with Gasteiger partial charge in [0.15, 0.2) is 0 Å². The van der Waals surface area contributed by atoms with Crippen LogP contribution in [0.5, 0.6) is 5.75 Å². The molecule has 1 aromatic carbocycles. The van der Waals surface area contributed by atoms with Crippen molar-refractivity contribution in [2.45, 2.75) is 12.8 Å². The minimum absolute atomic E-state index is 0.385. The highest BCUT2D eigenvalue weighted by Gasteiger charge is 2.06. The third kappa shape index (κ3) is 4.13. The van der Waals surface area contributed by atoms with E-state index in [1.54, 1.807) is 0 Å². The lowest BCUT2D eigenvalue weighted by Crippen LogP contribution is -2.02. The molecule has 1 aromatic rings. The lowest BCUT2D eigenvalue weighted by Gasteiger charge is -2.10. The molecule has 0 heterocycles. The Morgan fingerprint density at radius 3 is 2.87 bits per heavy atom. The number of ether oxygens (including phenoxy) is 1. The average Bonchev–Trinajstić information content (AvgIpc) is 2.24. The van der Waals surface area contributed by atoms with Crippen molar-refractivity contribution in [2.75, 3.05) is 18.1 Å². The van der Waals surface area contributed by atoms with E-state index in [0.29, 0.717) is 17.5 Å². The van der Waals surface area contributed by atoms with Crippen LogP contribution in [0.4, 0.5) is 0 Å². The van der Waals surface area contributed by atoms with Gasteiger partial charge in [0.1, 0.15) is 5.75 Å². The van der Waals surface area contributed by atoms with E-state index in [9.17, 15) is 0 Å². The molecule has 0 fully saturated rings. The van der Waals surface area contributed by atoms with Crippen molar-refractivity contribution in [3.63, 3.8) is 0 Å². The van der Waals surface area contributed by atoms with Gasteiger partial charge in [-0.25, -0.2) is 0 Å². The van der Waals surface area contributed by atoms with Crippen LogP contribution in [0.15, 0.2) is 18.2 Å². The van der Waals surface area contributed by atoms with Gasteiger partial charge in [-0.05, 0) is 17.9 Å². The number of thioether (sulfide) groups is 1. The molecule has 0 aromatic heterocycles. The zero-order chi connectivity index (χ0) is 11.1. The molecule has 0 spiro atoms. The number of halogens is 2. The van der Waals surface area contributed by atoms with Crippen LogP contribution in [0.25, 0.3) is 0 Å². The minimum atomic E-state index is 0.385. The predicted molar refractivity (Wildman–Crippen MR) is 69.5 cm³/mol. The Bertz CT molecular complexity index is 305. The summed E-state index contributed by atoms with van der Waals surface area (Å²) in [5, 5.41) is 0.672. The summed E-state index contributed by atoms with van der Waals surface area (Å²) < 4.78 is 5.62. The van der Waals surface area contributed by atoms with Crippen LogP contribution < -0.4 is 4.74 Å². The largest absolute Gasteiger partial charge is 0.492 e. The summed E-state index contributed by atoms with van der Waals surface area (Å²) in [6.45, 7) is 2.83. The molecule has 0 aliphatic heterocycles. The molecule has 4 heteroatoms. The summed E-state index contributed by atoms with van der Waals surface area (Å²) in [5.74, 6) is 3.29. The van der Waals surface area contributed by atoms with Gasteiger partial charge in [-0.15, -0.1) is 11.6 Å². The number of hydrogen-bond acceptors (Lipinski definition) is 2. The molecule has 84 valence electrons. The van der Waals surface area contributed by atoms with E-state index in [-0.39, 0.29) is 0 Å². The number of benzene rings is 1. The quantitative estimate of drug-likeness (QED) is 0.563. The summed E-state index contributed by atoms with van der Waals surface area (Å²) in [7, 11) is 0. The Kier molecular flexibility index (Phi) is 6.30. The van der Waals surface area contributed by atoms with Crippen LogP contribution in [0.1, 0.15) is 12.5 Å². The topological polar surface area (TPSA) is 9.23 Å². The lowest BCUT2D eigenvalue weighted by atomic mass is 10.2. The van der Waals surface area contributed by atoms with Crippen molar-refractivity contribution >= 4 is 35.0 Å².